The number of ether oxygens (including phenoxy) is 2. The highest BCUT2D eigenvalue weighted by Gasteiger charge is 2.50. The van der Waals surface area contributed by atoms with E-state index in [4.69, 9.17) is 68.1 Å². The van der Waals surface area contributed by atoms with Crippen molar-refractivity contribution < 1.29 is 69.1 Å². The summed E-state index contributed by atoms with van der Waals surface area (Å²) in [5.41, 5.74) is 35.2. The van der Waals surface area contributed by atoms with Crippen LogP contribution in [0.3, 0.4) is 0 Å². The number of pyridine rings is 1. The molecule has 18 rings (SSSR count). The summed E-state index contributed by atoms with van der Waals surface area (Å²) >= 11 is 21.8. The normalized spacial score (nSPS) is 25.2. The van der Waals surface area contributed by atoms with E-state index in [9.17, 15) is 64.9 Å². The molecule has 7 aliphatic heterocycles. The van der Waals surface area contributed by atoms with E-state index in [1.807, 2.05) is 85.3 Å². The van der Waals surface area contributed by atoms with Crippen molar-refractivity contribution in [3.05, 3.63) is 234 Å². The van der Waals surface area contributed by atoms with Crippen molar-refractivity contribution in [2.45, 2.75) is 120 Å². The molecule has 5 aromatic carbocycles. The van der Waals surface area contributed by atoms with Gasteiger partial charge in [0.05, 0.1) is 112 Å². The van der Waals surface area contributed by atoms with E-state index in [1.54, 1.807) is 95.5 Å². The second-order valence-corrected chi connectivity index (χ2v) is 54.7. The number of nitrogens with two attached hydrogens (primary N) is 6. The Morgan fingerprint density at radius 2 is 0.952 bits per heavy atom. The molecule has 53 heteroatoms. The Labute approximate surface area is 879 Å². The number of nitrogens with one attached hydrogen (secondary N) is 2. The van der Waals surface area contributed by atoms with Gasteiger partial charge in [-0.1, -0.05) is 72.6 Å². The Balaban J connectivity index is 0.000000148. The Hall–Kier alpha value is -12.0. The maximum Gasteiger partial charge on any atom is 0.586 e. The zero-order valence-corrected chi connectivity index (χ0v) is 91.8. The largest absolute Gasteiger partial charge is 0.586 e. The van der Waals surface area contributed by atoms with Crippen molar-refractivity contribution in [1.82, 2.24) is 30.8 Å². The number of fused-ring (bicyclic) bond motifs is 1. The average Bonchev–Trinajstić information content (AvgIpc) is 1.73. The molecular weight excluding hydrogens is 2190 g/mol. The lowest BCUT2D eigenvalue weighted by Gasteiger charge is -2.37. The van der Waals surface area contributed by atoms with Crippen molar-refractivity contribution in [3.63, 3.8) is 0 Å². The summed E-state index contributed by atoms with van der Waals surface area (Å²) in [6.45, 7) is 14.5. The number of halogens is 7. The fraction of sp³-hybridized carbons (Fsp3) is 0.333. The quantitative estimate of drug-likeness (QED) is 0.0329. The van der Waals surface area contributed by atoms with Crippen LogP contribution in [0.2, 0.25) is 10.0 Å². The summed E-state index contributed by atoms with van der Waals surface area (Å²) in [7, 11) is -13.6. The minimum atomic E-state index is -3.77. The number of anilines is 4. The first kappa shape index (κ1) is 111. The van der Waals surface area contributed by atoms with Gasteiger partial charge in [-0.2, -0.15) is 15.8 Å². The van der Waals surface area contributed by atoms with Gasteiger partial charge in [0.15, 0.2) is 11.5 Å². The van der Waals surface area contributed by atoms with Crippen LogP contribution in [-0.4, -0.2) is 202 Å². The number of aliphatic imine (C=N–C) groups is 6. The van der Waals surface area contributed by atoms with E-state index in [2.05, 4.69) is 94.9 Å². The summed E-state index contributed by atoms with van der Waals surface area (Å²) in [6, 6.07) is 46.3. The molecule has 0 radical (unpaired) electrons. The van der Waals surface area contributed by atoms with E-state index in [0.29, 0.717) is 67.6 Å². The van der Waals surface area contributed by atoms with Crippen molar-refractivity contribution in [2.24, 2.45) is 64.4 Å². The number of nitriles is 3. The maximum atomic E-state index is 14.7. The number of aromatic nitrogens is 1. The van der Waals surface area contributed by atoms with E-state index < -0.39 is 116 Å². The first-order chi connectivity index (χ1) is 68.0. The number of benzene rings is 5. The molecule has 1 fully saturated rings. The SMILES string of the molecule is C=S1(=O)C[C@@](C)(c2cc(Nc3cccc4c3OC(F)(F)O4)ccc2F)N=C(N)N1C.C=S1(=O)C[C@@](C)(c2sc(C3CC3)cc2Cl)N=C(N)N1C.CCCN1C(N)=N[C@](C)(c2cc(-c3cccc(C#N)c3)cs2)CS1(=O)=O.CCN1C(N)=N[C@](C)(c2cc(-c3cccc(C#N)c3)cs2)CS1(=O)=O.CN1C(N)=N[C@](C)(c2nc(Nc3ccccc3C#N)ccc2F)CS1(=O)=O.CN1C(N)=N[C@](C)(c2sc(Br)cc2Cl)CS1(=O)=O. The number of hydrogen-bond donors (Lipinski definition) is 8. The van der Waals surface area contributed by atoms with E-state index in [0.717, 1.165) is 53.6 Å². The topological polar surface area (TPSA) is 547 Å². The second kappa shape index (κ2) is 41.9. The first-order valence-electron chi connectivity index (χ1n) is 44.1. The van der Waals surface area contributed by atoms with E-state index >= 15 is 0 Å². The number of nitrogens with zero attached hydrogens (tertiary/aromatic N) is 16. The molecule has 0 saturated heterocycles. The van der Waals surface area contributed by atoms with Crippen LogP contribution in [0.15, 0.2) is 190 Å². The van der Waals surface area contributed by atoms with Gasteiger partial charge in [0.25, 0.3) is 0 Å². The van der Waals surface area contributed by atoms with Gasteiger partial charge in [0.2, 0.25) is 75.9 Å². The molecule has 0 bridgehead atoms. The molecular formula is C93H103BrCl2F4N24O12S10. The van der Waals surface area contributed by atoms with Crippen molar-refractivity contribution in [1.29, 1.82) is 15.8 Å². The summed E-state index contributed by atoms with van der Waals surface area (Å²) in [6.07, 6.45) is -0.638. The molecule has 12 heterocycles. The number of sulfonamides is 4. The molecule has 146 heavy (non-hydrogen) atoms. The van der Waals surface area contributed by atoms with Crippen LogP contribution >= 0.6 is 84.5 Å². The molecule has 0 amide bonds. The maximum absolute atomic E-state index is 14.7. The highest BCUT2D eigenvalue weighted by Crippen LogP contribution is 2.52. The van der Waals surface area contributed by atoms with Gasteiger partial charge < -0.3 is 54.5 Å². The Morgan fingerprint density at radius 3 is 1.45 bits per heavy atom. The molecule has 776 valence electrons. The van der Waals surface area contributed by atoms with Gasteiger partial charge in [-0.05, 0) is 237 Å². The third-order valence-electron chi connectivity index (χ3n) is 24.2. The first-order valence-corrected chi connectivity index (χ1v) is 59.2. The van der Waals surface area contributed by atoms with E-state index in [1.165, 1.54) is 141 Å². The van der Waals surface area contributed by atoms with Crippen molar-refractivity contribution >= 4 is 214 Å². The van der Waals surface area contributed by atoms with Crippen LogP contribution in [-0.2, 0) is 92.7 Å². The Bertz CT molecular complexity index is 7910. The minimum Gasteiger partial charge on any atom is -0.395 e. The third kappa shape index (κ3) is 24.0. The predicted molar refractivity (Wildman–Crippen MR) is 578 cm³/mol. The smallest absolute Gasteiger partial charge is 0.395 e. The van der Waals surface area contributed by atoms with Crippen LogP contribution < -0.4 is 54.5 Å². The molecule has 1 aliphatic carbocycles. The Kier molecular flexibility index (Phi) is 31.9. The average molecular weight is 2300 g/mol. The zero-order valence-electron chi connectivity index (χ0n) is 80.5. The number of para-hydroxylation sites is 2. The zero-order chi connectivity index (χ0) is 107. The highest BCUT2D eigenvalue weighted by molar-refractivity contribution is 9.11. The van der Waals surface area contributed by atoms with Crippen molar-refractivity contribution in [3.8, 4) is 52.0 Å². The summed E-state index contributed by atoms with van der Waals surface area (Å²) < 4.78 is 197. The molecule has 2 unspecified atom stereocenters. The van der Waals surface area contributed by atoms with Crippen LogP contribution in [0.1, 0.15) is 133 Å². The molecule has 8 atom stereocenters. The summed E-state index contributed by atoms with van der Waals surface area (Å²) in [5, 5.41) is 38.3. The fourth-order valence-electron chi connectivity index (χ4n) is 16.5. The van der Waals surface area contributed by atoms with Gasteiger partial charge >= 0.3 is 6.29 Å². The standard InChI is InChI=1S/C19H19F3N4O3S.C18H20N4O2S2.C17H17FN6O2S.C17H18N4O2S2.C13H18ClN3OS2.C9H11BrClN3O2S2/c1-18(10-30(3,27)26(2)17(23)25-18)12-9-11(7-8-13(12)20)24-14-5-4-6-15-16(14)29-19(21,22)28-15;1-3-7-22-17(20)21-18(2,12-26(22,23)24)16-9-15(11-25-16)14-6-4-5-13(8-14)10-19;1-17(10-27(25,26)24(2)16(20)23-17)15-12(18)7-8-14(22-15)21-13-6-4-3-5-11(13)9-19;1-3-21-16(19)20-17(2,11-25(21,22)23)15-8-14(10-24-15)13-6-4-5-12(7-13)9-18;1-13(7-20(3,18)17(2)12(15)16-13)11-9(14)6-10(19-11)8-4-5-8;1-9(7-5(11)3-6(10)17-7)4-18(15,16)14(2)8(12)13-9/h4-9,24H,3,10H2,1-2H3,(H2,23,25);4-6,8-9,11H,3,7,12H2,1-2H3,(H2,20,21);3-8H,10H2,1-2H3,(H2,20,23)(H,21,22);4-8,10H,3,11H2,1-2H3,(H2,19,20);6,8H,3-5,7H2,1-2H3,(H2,15,16);3H,4H2,1-2H3,(H2,12,13)/t18-,30?;18-;2*17-;13-,20?;9-/m000000/s1. The van der Waals surface area contributed by atoms with Gasteiger partial charge in [-0.15, -0.1) is 54.1 Å². The second-order valence-electron chi connectivity index (χ2n) is 36.0. The fourth-order valence-corrected chi connectivity index (χ4v) is 32.8. The lowest BCUT2D eigenvalue weighted by molar-refractivity contribution is -0.286. The molecule has 8 aliphatic rings. The molecule has 0 spiro atoms. The summed E-state index contributed by atoms with van der Waals surface area (Å²) in [4.78, 5) is 35.1. The molecule has 10 aromatic rings. The number of rotatable bonds is 16. The Morgan fingerprint density at radius 1 is 0.493 bits per heavy atom. The molecule has 5 aromatic heterocycles. The number of thiophene rings is 4. The summed E-state index contributed by atoms with van der Waals surface area (Å²) in [5.74, 6) is 6.33. The minimum absolute atomic E-state index is 0.0184. The number of guanidine groups is 6. The van der Waals surface area contributed by atoms with Crippen LogP contribution in [0.4, 0.5) is 40.4 Å². The molecule has 1 saturated carbocycles. The van der Waals surface area contributed by atoms with Crippen LogP contribution in [0.25, 0.3) is 22.3 Å². The van der Waals surface area contributed by atoms with Gasteiger partial charge in [-0.3, -0.25) is 8.61 Å². The molecule has 14 N–H and O–H groups in total. The van der Waals surface area contributed by atoms with Gasteiger partial charge in [0.1, 0.15) is 68.2 Å². The predicted octanol–water partition coefficient (Wildman–Crippen LogP) is 14.3. The number of alkyl halides is 2. The third-order valence-corrected chi connectivity index (χ3v) is 43.1. The van der Waals surface area contributed by atoms with Gasteiger partial charge in [0, 0.05) is 67.2 Å². The van der Waals surface area contributed by atoms with Gasteiger partial charge in [-0.25, -0.2) is 103 Å². The lowest BCUT2D eigenvalue weighted by Crippen LogP contribution is -2.52. The van der Waals surface area contributed by atoms with Crippen molar-refractivity contribution in [2.75, 3.05) is 86.4 Å². The van der Waals surface area contributed by atoms with E-state index in [-0.39, 0.29) is 99.6 Å². The monoisotopic (exact) mass is 2290 g/mol. The van der Waals surface area contributed by atoms with Crippen LogP contribution in [0.5, 0.6) is 11.5 Å². The lowest BCUT2D eigenvalue weighted by atomic mass is 9.93. The number of hydrogen-bond acceptors (Lipinski definition) is 34. The molecule has 36 nitrogen and oxygen atoms in total. The van der Waals surface area contributed by atoms with Crippen LogP contribution in [0, 0.1) is 45.6 Å². The highest BCUT2D eigenvalue weighted by atomic mass is 79.9.